The maximum absolute atomic E-state index is 15.1. The molecule has 3 heterocycles. The Hall–Kier alpha value is -3.67. The van der Waals surface area contributed by atoms with Crippen LogP contribution < -0.4 is 15.1 Å². The number of anilines is 2. The van der Waals surface area contributed by atoms with Gasteiger partial charge in [-0.1, -0.05) is 0 Å². The Morgan fingerprint density at radius 3 is 2.76 bits per heavy atom. The van der Waals surface area contributed by atoms with Crippen molar-refractivity contribution in [1.29, 1.82) is 0 Å². The highest BCUT2D eigenvalue weighted by atomic mass is 19.1. The fourth-order valence-corrected chi connectivity index (χ4v) is 4.16. The number of halogens is 1. The molecule has 0 radical (unpaired) electrons. The van der Waals surface area contributed by atoms with Crippen LogP contribution in [0.3, 0.4) is 0 Å². The van der Waals surface area contributed by atoms with Crippen LogP contribution in [0.1, 0.15) is 19.1 Å². The molecule has 2 aromatic rings. The number of nitrogens with one attached hydrogen (secondary N) is 1. The lowest BCUT2D eigenvalue weighted by Gasteiger charge is -2.24. The Morgan fingerprint density at radius 1 is 1.24 bits per heavy atom. The van der Waals surface area contributed by atoms with E-state index in [4.69, 9.17) is 9.15 Å². The zero-order valence-corrected chi connectivity index (χ0v) is 18.7. The van der Waals surface area contributed by atoms with Gasteiger partial charge in [0.25, 0.3) is 0 Å². The fourth-order valence-electron chi connectivity index (χ4n) is 4.16. The normalized spacial score (nSPS) is 19.1. The minimum Gasteiger partial charge on any atom is -0.442 e. The summed E-state index contributed by atoms with van der Waals surface area (Å²) in [6.45, 7) is 4.86. The summed E-state index contributed by atoms with van der Waals surface area (Å²) in [5.74, 6) is -0.418. The Morgan fingerprint density at radius 2 is 2.06 bits per heavy atom. The van der Waals surface area contributed by atoms with Gasteiger partial charge in [0, 0.05) is 33.1 Å². The van der Waals surface area contributed by atoms with E-state index >= 15 is 4.39 Å². The van der Waals surface area contributed by atoms with E-state index in [0.717, 1.165) is 13.0 Å². The molecular weight excluding hydrogens is 449 g/mol. The lowest BCUT2D eigenvalue weighted by molar-refractivity contribution is -0.402. The predicted octanol–water partition coefficient (Wildman–Crippen LogP) is 2.50. The number of carbonyl (C=O) groups excluding carboxylic acids is 2. The van der Waals surface area contributed by atoms with Crippen molar-refractivity contribution in [2.75, 3.05) is 49.1 Å². The number of cyclic esters (lactones) is 1. The molecule has 182 valence electrons. The minimum atomic E-state index is -0.578. The highest BCUT2D eigenvalue weighted by Gasteiger charge is 2.33. The molecule has 2 aliphatic heterocycles. The van der Waals surface area contributed by atoms with E-state index in [1.165, 1.54) is 24.0 Å². The highest BCUT2D eigenvalue weighted by molar-refractivity contribution is 5.90. The van der Waals surface area contributed by atoms with E-state index in [2.05, 4.69) is 10.2 Å². The Bertz CT molecular complexity index is 1080. The van der Waals surface area contributed by atoms with Crippen molar-refractivity contribution in [2.24, 2.45) is 0 Å². The first kappa shape index (κ1) is 23.5. The Kier molecular flexibility index (Phi) is 6.96. The summed E-state index contributed by atoms with van der Waals surface area (Å²) in [7, 11) is 0. The summed E-state index contributed by atoms with van der Waals surface area (Å²) < 4.78 is 25.5. The second kappa shape index (κ2) is 10.1. The number of carbonyl (C=O) groups is 2. The van der Waals surface area contributed by atoms with Crippen molar-refractivity contribution in [3.05, 3.63) is 52.0 Å². The van der Waals surface area contributed by atoms with Gasteiger partial charge in [0.2, 0.25) is 5.91 Å². The van der Waals surface area contributed by atoms with Gasteiger partial charge in [0.1, 0.15) is 22.6 Å². The molecule has 2 saturated heterocycles. The molecule has 0 aliphatic carbocycles. The predicted molar refractivity (Wildman–Crippen MR) is 120 cm³/mol. The van der Waals surface area contributed by atoms with Crippen LogP contribution in [0.2, 0.25) is 0 Å². The van der Waals surface area contributed by atoms with Crippen LogP contribution in [0.4, 0.5) is 26.4 Å². The summed E-state index contributed by atoms with van der Waals surface area (Å²) in [5, 5.41) is 13.4. The third-order valence-electron chi connectivity index (χ3n) is 5.83. The molecule has 1 atom stereocenters. The van der Waals surface area contributed by atoms with Gasteiger partial charge in [-0.05, 0) is 30.7 Å². The smallest absolute Gasteiger partial charge is 0.433 e. The molecule has 2 aliphatic rings. The van der Waals surface area contributed by atoms with Gasteiger partial charge >= 0.3 is 12.0 Å². The first-order chi connectivity index (χ1) is 16.3. The first-order valence-electron chi connectivity index (χ1n) is 11.0. The number of nitrogens with zero attached hydrogens (tertiary/aromatic N) is 4. The van der Waals surface area contributed by atoms with E-state index in [9.17, 15) is 19.7 Å². The summed E-state index contributed by atoms with van der Waals surface area (Å²) in [6.07, 6.45) is -0.287. The highest BCUT2D eigenvalue weighted by Crippen LogP contribution is 2.29. The molecule has 34 heavy (non-hydrogen) atoms. The molecule has 0 saturated carbocycles. The Balaban J connectivity index is 1.36. The summed E-state index contributed by atoms with van der Waals surface area (Å²) in [4.78, 5) is 38.9. The number of nitro groups is 1. The van der Waals surface area contributed by atoms with E-state index in [-0.39, 0.29) is 24.9 Å². The topological polar surface area (TPSA) is 121 Å². The SMILES string of the molecule is CC(=O)NC[C@H]1CN(c2ccc(N3CCCN(Cc4ccc([N+](=O)[O-])o4)CC3)c(F)c2)C(=O)O1. The van der Waals surface area contributed by atoms with E-state index in [1.807, 2.05) is 4.90 Å². The van der Waals surface area contributed by atoms with Crippen molar-refractivity contribution in [3.63, 3.8) is 0 Å². The molecule has 1 aromatic heterocycles. The van der Waals surface area contributed by atoms with E-state index < -0.39 is 22.9 Å². The van der Waals surface area contributed by atoms with Crippen molar-refractivity contribution in [3.8, 4) is 0 Å². The average molecular weight is 475 g/mol. The monoisotopic (exact) mass is 475 g/mol. The lowest BCUT2D eigenvalue weighted by Crippen LogP contribution is -2.33. The van der Waals surface area contributed by atoms with Gasteiger partial charge in [0.15, 0.2) is 0 Å². The van der Waals surface area contributed by atoms with Crippen LogP contribution in [0.25, 0.3) is 0 Å². The fraction of sp³-hybridized carbons (Fsp3) is 0.455. The maximum atomic E-state index is 15.1. The van der Waals surface area contributed by atoms with Crippen LogP contribution in [0.5, 0.6) is 0 Å². The maximum Gasteiger partial charge on any atom is 0.433 e. The quantitative estimate of drug-likeness (QED) is 0.479. The second-order valence-corrected chi connectivity index (χ2v) is 8.30. The number of amides is 2. The molecule has 1 aromatic carbocycles. The van der Waals surface area contributed by atoms with Crippen LogP contribution in [-0.4, -0.2) is 67.2 Å². The van der Waals surface area contributed by atoms with Crippen LogP contribution in [0, 0.1) is 15.9 Å². The molecule has 0 bridgehead atoms. The third-order valence-corrected chi connectivity index (χ3v) is 5.83. The van der Waals surface area contributed by atoms with Gasteiger partial charge in [-0.15, -0.1) is 0 Å². The van der Waals surface area contributed by atoms with Crippen LogP contribution in [-0.2, 0) is 16.1 Å². The van der Waals surface area contributed by atoms with Crippen molar-refractivity contribution >= 4 is 29.3 Å². The molecule has 0 unspecified atom stereocenters. The number of benzene rings is 1. The lowest BCUT2D eigenvalue weighted by atomic mass is 10.2. The van der Waals surface area contributed by atoms with Crippen molar-refractivity contribution in [1.82, 2.24) is 10.2 Å². The standard InChI is InChI=1S/C22H26FN5O6/c1-15(29)24-12-18-14-27(22(30)34-18)16-3-5-20(19(23)11-16)26-8-2-7-25(9-10-26)13-17-4-6-21(33-17)28(31)32/h3-6,11,18H,2,7-10,12-14H2,1H3,(H,24,29)/t18-/m0/s1. The minimum absolute atomic E-state index is 0.202. The van der Waals surface area contributed by atoms with Crippen molar-refractivity contribution < 1.29 is 28.1 Å². The summed E-state index contributed by atoms with van der Waals surface area (Å²) in [5.41, 5.74) is 0.842. The molecule has 1 N–H and O–H groups in total. The van der Waals surface area contributed by atoms with Gasteiger partial charge < -0.3 is 19.4 Å². The van der Waals surface area contributed by atoms with E-state index in [0.29, 0.717) is 43.3 Å². The number of rotatable bonds is 7. The first-order valence-corrected chi connectivity index (χ1v) is 11.0. The number of ether oxygens (including phenoxy) is 1. The number of hydrogen-bond acceptors (Lipinski definition) is 8. The molecule has 0 spiro atoms. The zero-order valence-electron chi connectivity index (χ0n) is 18.7. The Labute approximate surface area is 195 Å². The molecule has 4 rings (SSSR count). The molecule has 12 heteroatoms. The van der Waals surface area contributed by atoms with Gasteiger partial charge in [-0.2, -0.15) is 0 Å². The summed E-state index contributed by atoms with van der Waals surface area (Å²) in [6, 6.07) is 7.61. The zero-order chi connectivity index (χ0) is 24.2. The van der Waals surface area contributed by atoms with Crippen LogP contribution in [0.15, 0.2) is 34.7 Å². The second-order valence-electron chi connectivity index (χ2n) is 8.30. The van der Waals surface area contributed by atoms with Crippen molar-refractivity contribution in [2.45, 2.75) is 26.0 Å². The molecule has 2 fully saturated rings. The van der Waals surface area contributed by atoms with Gasteiger partial charge in [-0.25, -0.2) is 9.18 Å². The largest absolute Gasteiger partial charge is 0.442 e. The summed E-state index contributed by atoms with van der Waals surface area (Å²) >= 11 is 0. The molecular formula is C22H26FN5O6. The van der Waals surface area contributed by atoms with Crippen LogP contribution >= 0.6 is 0 Å². The third kappa shape index (κ3) is 5.45. The average Bonchev–Trinajstić information content (AvgIpc) is 3.34. The number of hydrogen-bond donors (Lipinski definition) is 1. The van der Waals surface area contributed by atoms with Gasteiger partial charge in [0.05, 0.1) is 37.1 Å². The number of furan rings is 1. The van der Waals surface area contributed by atoms with Gasteiger partial charge in [-0.3, -0.25) is 24.7 Å². The van der Waals surface area contributed by atoms with E-state index in [1.54, 1.807) is 18.2 Å². The molecule has 2 amide bonds. The molecule has 11 nitrogen and oxygen atoms in total.